The molecule has 158 valence electrons. The number of esters is 1. The molecule has 1 amide bonds. The number of amidine groups is 1. The number of carbonyl (C=O) groups is 2. The Kier molecular flexibility index (Phi) is 6.56. The molecule has 0 saturated heterocycles. The number of rotatable bonds is 5. The lowest BCUT2D eigenvalue weighted by Crippen LogP contribution is -2.43. The summed E-state index contributed by atoms with van der Waals surface area (Å²) in [4.78, 5) is 26.2. The molecule has 3 rings (SSSR count). The van der Waals surface area contributed by atoms with Gasteiger partial charge in [0.15, 0.2) is 11.9 Å². The molecule has 1 atom stereocenters. The van der Waals surface area contributed by atoms with Crippen LogP contribution >= 0.6 is 0 Å². The summed E-state index contributed by atoms with van der Waals surface area (Å²) in [7, 11) is -2.20. The highest BCUT2D eigenvalue weighted by atomic mass is 32.2. The molecule has 2 aliphatic rings. The Morgan fingerprint density at radius 3 is 2.55 bits per heavy atom. The van der Waals surface area contributed by atoms with Gasteiger partial charge in [0.25, 0.3) is 15.9 Å². The number of sulfonamides is 1. The van der Waals surface area contributed by atoms with Crippen molar-refractivity contribution in [2.75, 3.05) is 13.6 Å². The van der Waals surface area contributed by atoms with Crippen LogP contribution < -0.4 is 5.32 Å². The van der Waals surface area contributed by atoms with E-state index < -0.39 is 22.1 Å². The summed E-state index contributed by atoms with van der Waals surface area (Å²) in [5, 5.41) is 2.96. The normalized spacial score (nSPS) is 19.4. The smallest absolute Gasteiger partial charge is 0.326 e. The predicted octanol–water partition coefficient (Wildman–Crippen LogP) is 1.84. The molecular weight excluding hydrogens is 394 g/mol. The monoisotopic (exact) mass is 421 g/mol. The standard InChI is InChI=1S/C20H27N3O5S/c1-14(20(25)21-15-9-5-3-4-6-10-15)28-18(24)13-23(2)19-16-11-7-8-12-17(16)29(26,27)22-19/h7-8,11-12,14-15H,3-6,9-10,13H2,1-2H3,(H,21,25)/t14-/m1/s1. The van der Waals surface area contributed by atoms with Crippen molar-refractivity contribution in [3.63, 3.8) is 0 Å². The Balaban J connectivity index is 1.55. The number of hydrogen-bond acceptors (Lipinski definition) is 6. The van der Waals surface area contributed by atoms with Crippen LogP contribution in [0.4, 0.5) is 0 Å². The van der Waals surface area contributed by atoms with E-state index in [-0.39, 0.29) is 29.2 Å². The molecule has 1 aliphatic carbocycles. The first kappa shape index (κ1) is 21.3. The SMILES string of the molecule is C[C@@H](OC(=O)CN(C)C1=NS(=O)(=O)c2ccccc21)C(=O)NC1CCCCCC1. The molecule has 0 aromatic heterocycles. The minimum absolute atomic E-state index is 0.117. The Morgan fingerprint density at radius 2 is 1.86 bits per heavy atom. The Labute approximate surface area is 171 Å². The molecule has 1 aromatic rings. The zero-order valence-corrected chi connectivity index (χ0v) is 17.6. The number of fused-ring (bicyclic) bond motifs is 1. The van der Waals surface area contributed by atoms with Gasteiger partial charge in [0.1, 0.15) is 11.4 Å². The molecule has 8 nitrogen and oxygen atoms in total. The van der Waals surface area contributed by atoms with Crippen molar-refractivity contribution in [1.29, 1.82) is 0 Å². The van der Waals surface area contributed by atoms with Crippen molar-refractivity contribution < 1.29 is 22.7 Å². The van der Waals surface area contributed by atoms with Gasteiger partial charge >= 0.3 is 5.97 Å². The second-order valence-corrected chi connectivity index (χ2v) is 9.14. The maximum absolute atomic E-state index is 12.3. The topological polar surface area (TPSA) is 105 Å². The third-order valence-corrected chi connectivity index (χ3v) is 6.54. The first-order valence-corrected chi connectivity index (χ1v) is 11.4. The van der Waals surface area contributed by atoms with E-state index in [1.54, 1.807) is 25.2 Å². The Morgan fingerprint density at radius 1 is 1.21 bits per heavy atom. The molecule has 29 heavy (non-hydrogen) atoms. The number of nitrogens with one attached hydrogen (secondary N) is 1. The minimum atomic E-state index is -3.76. The van der Waals surface area contributed by atoms with Crippen LogP contribution in [0.2, 0.25) is 0 Å². The summed E-state index contributed by atoms with van der Waals surface area (Å²) < 4.78 is 33.3. The first-order valence-electron chi connectivity index (χ1n) is 9.93. The number of likely N-dealkylation sites (N-methyl/N-ethyl adjacent to an activating group) is 1. The van der Waals surface area contributed by atoms with Gasteiger partial charge in [-0.25, -0.2) is 0 Å². The minimum Gasteiger partial charge on any atom is -0.451 e. The molecule has 0 spiro atoms. The highest BCUT2D eigenvalue weighted by molar-refractivity contribution is 7.90. The molecule has 1 heterocycles. The van der Waals surface area contributed by atoms with Crippen LogP contribution in [-0.4, -0.2) is 56.8 Å². The lowest BCUT2D eigenvalue weighted by Gasteiger charge is -2.21. The van der Waals surface area contributed by atoms with E-state index in [0.29, 0.717) is 5.56 Å². The van der Waals surface area contributed by atoms with E-state index in [4.69, 9.17) is 4.74 Å². The van der Waals surface area contributed by atoms with Gasteiger partial charge in [0.2, 0.25) is 0 Å². The lowest BCUT2D eigenvalue weighted by atomic mass is 10.1. The molecular formula is C20H27N3O5S. The van der Waals surface area contributed by atoms with Gasteiger partial charge < -0.3 is 15.0 Å². The summed E-state index contributed by atoms with van der Waals surface area (Å²) in [6.07, 6.45) is 5.54. The van der Waals surface area contributed by atoms with E-state index in [1.807, 2.05) is 0 Å². The van der Waals surface area contributed by atoms with Crippen LogP contribution in [0.5, 0.6) is 0 Å². The fourth-order valence-corrected chi connectivity index (χ4v) is 4.91. The van der Waals surface area contributed by atoms with Crippen molar-refractivity contribution in [2.45, 2.75) is 62.5 Å². The highest BCUT2D eigenvalue weighted by Crippen LogP contribution is 2.26. The largest absolute Gasteiger partial charge is 0.451 e. The number of carbonyl (C=O) groups excluding carboxylic acids is 2. The zero-order valence-electron chi connectivity index (χ0n) is 16.8. The van der Waals surface area contributed by atoms with E-state index in [2.05, 4.69) is 9.71 Å². The summed E-state index contributed by atoms with van der Waals surface area (Å²) in [5.74, 6) is -0.743. The maximum Gasteiger partial charge on any atom is 0.326 e. The summed E-state index contributed by atoms with van der Waals surface area (Å²) >= 11 is 0. The Hall–Kier alpha value is -2.42. The lowest BCUT2D eigenvalue weighted by molar-refractivity contribution is -0.155. The molecule has 0 bridgehead atoms. The quantitative estimate of drug-likeness (QED) is 0.575. The molecule has 0 radical (unpaired) electrons. The summed E-state index contributed by atoms with van der Waals surface area (Å²) in [5.41, 5.74) is 0.446. The molecule has 1 fully saturated rings. The van der Waals surface area contributed by atoms with Gasteiger partial charge in [-0.2, -0.15) is 8.42 Å². The average molecular weight is 422 g/mol. The number of hydrogen-bond donors (Lipinski definition) is 1. The van der Waals surface area contributed by atoms with Crippen LogP contribution in [-0.2, 0) is 24.3 Å². The van der Waals surface area contributed by atoms with Crippen LogP contribution in [0.3, 0.4) is 0 Å². The molecule has 1 aliphatic heterocycles. The summed E-state index contributed by atoms with van der Waals surface area (Å²) in [6.45, 7) is 1.32. The van der Waals surface area contributed by atoms with Crippen LogP contribution in [0.1, 0.15) is 51.0 Å². The van der Waals surface area contributed by atoms with Crippen molar-refractivity contribution in [3.05, 3.63) is 29.8 Å². The van der Waals surface area contributed by atoms with E-state index in [0.717, 1.165) is 25.7 Å². The van der Waals surface area contributed by atoms with Crippen LogP contribution in [0, 0.1) is 0 Å². The number of ether oxygens (including phenoxy) is 1. The highest BCUT2D eigenvalue weighted by Gasteiger charge is 2.31. The molecule has 1 saturated carbocycles. The van der Waals surface area contributed by atoms with E-state index in [9.17, 15) is 18.0 Å². The number of benzene rings is 1. The average Bonchev–Trinajstić information content (AvgIpc) is 2.82. The van der Waals surface area contributed by atoms with Crippen molar-refractivity contribution >= 4 is 27.7 Å². The van der Waals surface area contributed by atoms with Crippen molar-refractivity contribution in [3.8, 4) is 0 Å². The van der Waals surface area contributed by atoms with Crippen LogP contribution in [0.15, 0.2) is 33.6 Å². The maximum atomic E-state index is 12.3. The van der Waals surface area contributed by atoms with Gasteiger partial charge in [-0.15, -0.1) is 4.40 Å². The Bertz CT molecular complexity index is 904. The third-order valence-electron chi connectivity index (χ3n) is 5.22. The van der Waals surface area contributed by atoms with Crippen LogP contribution in [0.25, 0.3) is 0 Å². The van der Waals surface area contributed by atoms with Gasteiger partial charge in [-0.05, 0) is 31.9 Å². The second-order valence-electron chi connectivity index (χ2n) is 7.57. The van der Waals surface area contributed by atoms with E-state index in [1.165, 1.54) is 30.7 Å². The van der Waals surface area contributed by atoms with E-state index >= 15 is 0 Å². The zero-order chi connectivity index (χ0) is 21.0. The van der Waals surface area contributed by atoms with Gasteiger partial charge in [0, 0.05) is 18.7 Å². The van der Waals surface area contributed by atoms with Gasteiger partial charge in [-0.3, -0.25) is 9.59 Å². The third kappa shape index (κ3) is 5.14. The predicted molar refractivity (Wildman–Crippen MR) is 108 cm³/mol. The van der Waals surface area contributed by atoms with Crippen molar-refractivity contribution in [2.24, 2.45) is 4.40 Å². The molecule has 1 aromatic carbocycles. The second kappa shape index (κ2) is 8.94. The molecule has 0 unspecified atom stereocenters. The molecule has 9 heteroatoms. The fraction of sp³-hybridized carbons (Fsp3) is 0.550. The fourth-order valence-electron chi connectivity index (χ4n) is 3.66. The molecule has 1 N–H and O–H groups in total. The number of nitrogens with zero attached hydrogens (tertiary/aromatic N) is 2. The van der Waals surface area contributed by atoms with Gasteiger partial charge in [-0.1, -0.05) is 37.8 Å². The summed E-state index contributed by atoms with van der Waals surface area (Å²) in [6, 6.07) is 6.58. The number of amides is 1. The van der Waals surface area contributed by atoms with Crippen molar-refractivity contribution in [1.82, 2.24) is 10.2 Å². The first-order chi connectivity index (χ1) is 13.8. The van der Waals surface area contributed by atoms with Gasteiger partial charge in [0.05, 0.1) is 0 Å².